The topological polar surface area (TPSA) is 55.1 Å². The number of amides is 1. The van der Waals surface area contributed by atoms with Gasteiger partial charge in [-0.25, -0.2) is 0 Å². The number of halogens is 2. The van der Waals surface area contributed by atoms with Gasteiger partial charge >= 0.3 is 0 Å². The molecule has 0 spiro atoms. The van der Waals surface area contributed by atoms with Crippen LogP contribution in [0.15, 0.2) is 30.3 Å². The van der Waals surface area contributed by atoms with Gasteiger partial charge in [0.25, 0.3) is 0 Å². The molecule has 138 valence electrons. The molecule has 1 aromatic rings. The Kier molecular flexibility index (Phi) is 5.64. The minimum atomic E-state index is -0.569. The molecule has 1 aliphatic heterocycles. The third kappa shape index (κ3) is 3.82. The molecule has 2 fully saturated rings. The molecule has 1 heterocycles. The van der Waals surface area contributed by atoms with Crippen LogP contribution >= 0.6 is 23.2 Å². The predicted molar refractivity (Wildman–Crippen MR) is 103 cm³/mol. The number of nitrogens with two attached hydrogens (primary N) is 1. The Bertz CT molecular complexity index is 606. The Hall–Kier alpha value is -0.810. The van der Waals surface area contributed by atoms with Crippen LogP contribution in [-0.4, -0.2) is 53.0 Å². The number of hydrogen-bond acceptors (Lipinski definition) is 2. The third-order valence-corrected chi connectivity index (χ3v) is 7.15. The maximum absolute atomic E-state index is 12.6. The van der Waals surface area contributed by atoms with Crippen molar-refractivity contribution in [3.05, 3.63) is 35.9 Å². The summed E-state index contributed by atoms with van der Waals surface area (Å²) in [5.74, 6) is -0.00582. The van der Waals surface area contributed by atoms with Crippen LogP contribution in [0.3, 0.4) is 0 Å². The number of nitrogens with one attached hydrogen (secondary N) is 1. The van der Waals surface area contributed by atoms with E-state index in [1.807, 2.05) is 30.3 Å². The number of likely N-dealkylation sites (N-methyl/N-ethyl adjacent to an activating group) is 1. The van der Waals surface area contributed by atoms with Crippen molar-refractivity contribution in [3.8, 4) is 0 Å². The largest absolute Gasteiger partial charge is 0.345 e. The molecule has 0 aromatic heterocycles. The molecule has 1 saturated heterocycles. The van der Waals surface area contributed by atoms with Gasteiger partial charge in [-0.1, -0.05) is 30.3 Å². The fourth-order valence-electron chi connectivity index (χ4n) is 4.42. The molecule has 1 aliphatic carbocycles. The average molecular weight is 385 g/mol. The molecule has 3 N–H and O–H groups in total. The molecule has 1 aromatic carbocycles. The van der Waals surface area contributed by atoms with Crippen LogP contribution in [0.1, 0.15) is 31.2 Å². The first kappa shape index (κ1) is 19.0. The number of hydrogen-bond donors (Lipinski definition) is 2. The highest BCUT2D eigenvalue weighted by atomic mass is 35.5. The highest BCUT2D eigenvalue weighted by Crippen LogP contribution is 2.40. The summed E-state index contributed by atoms with van der Waals surface area (Å²) < 4.78 is 0.760. The van der Waals surface area contributed by atoms with Gasteiger partial charge in [0.2, 0.25) is 5.91 Å². The molecule has 2 unspecified atom stereocenters. The predicted octanol–water partition coefficient (Wildman–Crippen LogP) is 2.62. The number of carbonyl (C=O) groups is 1. The number of carbonyl (C=O) groups excluding carboxylic acids is 1. The molecule has 2 aliphatic rings. The zero-order valence-electron chi connectivity index (χ0n) is 14.8. The van der Waals surface area contributed by atoms with E-state index >= 15 is 0 Å². The quantitative estimate of drug-likeness (QED) is 0.619. The van der Waals surface area contributed by atoms with Gasteiger partial charge in [-0.05, 0) is 12.0 Å². The monoisotopic (exact) mass is 384 g/mol. The summed E-state index contributed by atoms with van der Waals surface area (Å²) in [7, 11) is 2.20. The van der Waals surface area contributed by atoms with Crippen molar-refractivity contribution in [2.45, 2.75) is 54.6 Å². The number of rotatable bonds is 4. The van der Waals surface area contributed by atoms with Gasteiger partial charge in [-0.3, -0.25) is 10.5 Å². The summed E-state index contributed by atoms with van der Waals surface area (Å²) >= 11 is 12.9. The number of nitrogens with zero attached hydrogens (tertiary/aromatic N) is 1. The minimum Gasteiger partial charge on any atom is -0.345 e. The molecule has 0 radical (unpaired) electrons. The molecule has 4 nitrogen and oxygen atoms in total. The lowest BCUT2D eigenvalue weighted by molar-refractivity contribution is -0.951. The molecular formula is C19H28Cl2N3O+. The third-order valence-electron chi connectivity index (χ3n) is 6.08. The van der Waals surface area contributed by atoms with Gasteiger partial charge in [0, 0.05) is 19.3 Å². The number of alkyl halides is 2. The number of likely N-dealkylation sites (tertiary alicyclic amines) is 1. The van der Waals surface area contributed by atoms with Crippen molar-refractivity contribution in [1.82, 2.24) is 5.32 Å². The fourth-order valence-corrected chi connectivity index (χ4v) is 5.03. The summed E-state index contributed by atoms with van der Waals surface area (Å²) in [6, 6.07) is 9.60. The highest BCUT2D eigenvalue weighted by Gasteiger charge is 2.57. The molecule has 6 heteroatoms. The highest BCUT2D eigenvalue weighted by molar-refractivity contribution is 6.30. The van der Waals surface area contributed by atoms with E-state index in [-0.39, 0.29) is 22.7 Å². The SMILES string of the molecule is C[N+]1([C@]2(N)C[C@@H](Cl)C(Cl)CC2NC(=O)Cc2ccccc2)CCCC1. The van der Waals surface area contributed by atoms with Crippen LogP contribution in [-0.2, 0) is 11.2 Å². The van der Waals surface area contributed by atoms with E-state index in [4.69, 9.17) is 28.9 Å². The lowest BCUT2D eigenvalue weighted by atomic mass is 9.81. The zero-order valence-corrected chi connectivity index (χ0v) is 16.3. The second-order valence-electron chi connectivity index (χ2n) is 7.80. The van der Waals surface area contributed by atoms with Crippen LogP contribution in [0.5, 0.6) is 0 Å². The summed E-state index contributed by atoms with van der Waals surface area (Å²) in [5, 5.41) is 2.85. The van der Waals surface area contributed by atoms with E-state index in [9.17, 15) is 4.79 Å². The minimum absolute atomic E-state index is 0.00582. The van der Waals surface area contributed by atoms with E-state index in [1.165, 1.54) is 0 Å². The smallest absolute Gasteiger partial charge is 0.224 e. The van der Waals surface area contributed by atoms with Crippen LogP contribution in [0.4, 0.5) is 0 Å². The van der Waals surface area contributed by atoms with E-state index < -0.39 is 5.66 Å². The maximum atomic E-state index is 12.6. The summed E-state index contributed by atoms with van der Waals surface area (Å²) in [6.45, 7) is 2.05. The van der Waals surface area contributed by atoms with E-state index in [1.54, 1.807) is 0 Å². The normalized spacial score (nSPS) is 34.6. The maximum Gasteiger partial charge on any atom is 0.224 e. The Balaban J connectivity index is 1.77. The second kappa shape index (κ2) is 7.43. The molecule has 1 saturated carbocycles. The van der Waals surface area contributed by atoms with Gasteiger partial charge in [0.15, 0.2) is 5.66 Å². The number of quaternary nitrogens is 1. The fraction of sp³-hybridized carbons (Fsp3) is 0.632. The molecular weight excluding hydrogens is 357 g/mol. The van der Waals surface area contributed by atoms with Crippen molar-refractivity contribution >= 4 is 29.1 Å². The Morgan fingerprint density at radius 3 is 2.52 bits per heavy atom. The van der Waals surface area contributed by atoms with Gasteiger partial charge in [0.05, 0.1) is 43.4 Å². The average Bonchev–Trinajstić information content (AvgIpc) is 3.02. The van der Waals surface area contributed by atoms with Gasteiger partial charge < -0.3 is 9.80 Å². The van der Waals surface area contributed by atoms with E-state index in [0.717, 1.165) is 36.0 Å². The molecule has 1 amide bonds. The lowest BCUT2D eigenvalue weighted by Crippen LogP contribution is -2.77. The summed E-state index contributed by atoms with van der Waals surface area (Å²) in [6.07, 6.45) is 3.92. The summed E-state index contributed by atoms with van der Waals surface area (Å²) in [5.41, 5.74) is 7.38. The van der Waals surface area contributed by atoms with Crippen LogP contribution in [0.25, 0.3) is 0 Å². The first-order chi connectivity index (χ1) is 11.8. The molecule has 4 atom stereocenters. The van der Waals surface area contributed by atoms with Crippen molar-refractivity contribution in [1.29, 1.82) is 0 Å². The van der Waals surface area contributed by atoms with Crippen molar-refractivity contribution in [3.63, 3.8) is 0 Å². The number of benzene rings is 1. The molecule has 25 heavy (non-hydrogen) atoms. The first-order valence-corrected chi connectivity index (χ1v) is 9.96. The molecule has 3 rings (SSSR count). The van der Waals surface area contributed by atoms with Gasteiger partial charge in [0.1, 0.15) is 0 Å². The standard InChI is InChI=1S/C19H27Cl2N3O/c1-24(9-5-6-10-24)19(22)13-16(21)15(20)12-17(19)23-18(25)11-14-7-3-2-4-8-14/h2-4,7-8,15-17H,5-6,9-13,22H2,1H3/p+1/t15?,16-,17?,19-/m1/s1. The van der Waals surface area contributed by atoms with Gasteiger partial charge in [-0.15, -0.1) is 23.2 Å². The Labute approximate surface area is 160 Å². The van der Waals surface area contributed by atoms with Gasteiger partial charge in [-0.2, -0.15) is 0 Å². The first-order valence-electron chi connectivity index (χ1n) is 9.09. The van der Waals surface area contributed by atoms with Crippen molar-refractivity contribution in [2.75, 3.05) is 20.1 Å². The Morgan fingerprint density at radius 1 is 1.24 bits per heavy atom. The second-order valence-corrected chi connectivity index (χ2v) is 8.92. The van der Waals surface area contributed by atoms with Crippen LogP contribution in [0.2, 0.25) is 0 Å². The Morgan fingerprint density at radius 2 is 1.88 bits per heavy atom. The summed E-state index contributed by atoms with van der Waals surface area (Å²) in [4.78, 5) is 12.6. The van der Waals surface area contributed by atoms with E-state index in [0.29, 0.717) is 19.3 Å². The zero-order chi connectivity index (χ0) is 18.1. The van der Waals surface area contributed by atoms with E-state index in [2.05, 4.69) is 12.4 Å². The van der Waals surface area contributed by atoms with Crippen molar-refractivity contribution in [2.24, 2.45) is 5.73 Å². The van der Waals surface area contributed by atoms with Crippen molar-refractivity contribution < 1.29 is 9.28 Å². The van der Waals surface area contributed by atoms with Crippen LogP contribution in [0, 0.1) is 0 Å². The lowest BCUT2D eigenvalue weighted by Gasteiger charge is -2.54. The van der Waals surface area contributed by atoms with Crippen LogP contribution < -0.4 is 11.1 Å². The molecule has 0 bridgehead atoms.